The van der Waals surface area contributed by atoms with Crippen LogP contribution < -0.4 is 5.32 Å². The third-order valence-electron chi connectivity index (χ3n) is 8.52. The number of aromatic nitrogens is 2. The number of amides is 1. The highest BCUT2D eigenvalue weighted by atomic mass is 16.5. The number of carbonyl (C=O) groups excluding carboxylic acids is 2. The molecule has 0 bridgehead atoms. The first-order valence-corrected chi connectivity index (χ1v) is 14.3. The molecule has 6 heteroatoms. The number of benzene rings is 2. The molecule has 0 atom stereocenters. The second-order valence-corrected chi connectivity index (χ2v) is 11.6. The van der Waals surface area contributed by atoms with Crippen molar-refractivity contribution in [3.8, 4) is 11.1 Å². The van der Waals surface area contributed by atoms with Crippen molar-refractivity contribution in [2.45, 2.75) is 65.8 Å². The van der Waals surface area contributed by atoms with Crippen molar-refractivity contribution in [2.24, 2.45) is 11.3 Å². The van der Waals surface area contributed by atoms with Crippen molar-refractivity contribution in [1.29, 1.82) is 0 Å². The Morgan fingerprint density at radius 3 is 2.27 bits per heavy atom. The van der Waals surface area contributed by atoms with E-state index in [4.69, 9.17) is 4.74 Å². The van der Waals surface area contributed by atoms with Gasteiger partial charge in [0, 0.05) is 18.9 Å². The molecule has 1 aliphatic carbocycles. The van der Waals surface area contributed by atoms with Crippen LogP contribution in [-0.4, -0.2) is 27.9 Å². The van der Waals surface area contributed by atoms with E-state index in [9.17, 15) is 9.59 Å². The molecule has 0 spiro atoms. The quantitative estimate of drug-likeness (QED) is 0.243. The number of hydrogen-bond donors (Lipinski definition) is 1. The maximum Gasteiger partial charge on any atom is 0.311 e. The van der Waals surface area contributed by atoms with Crippen LogP contribution in [0, 0.1) is 18.3 Å². The predicted molar refractivity (Wildman–Crippen MR) is 158 cm³/mol. The van der Waals surface area contributed by atoms with E-state index in [1.54, 1.807) is 6.20 Å². The fourth-order valence-electron chi connectivity index (χ4n) is 5.83. The molecule has 208 valence electrons. The molecule has 1 amide bonds. The lowest BCUT2D eigenvalue weighted by Crippen LogP contribution is -2.36. The van der Waals surface area contributed by atoms with Crippen LogP contribution in [0.15, 0.2) is 73.1 Å². The predicted octanol–water partition coefficient (Wildman–Crippen LogP) is 7.10. The van der Waals surface area contributed by atoms with E-state index in [2.05, 4.69) is 34.6 Å². The van der Waals surface area contributed by atoms with Gasteiger partial charge in [-0.3, -0.25) is 9.59 Å². The molecule has 1 fully saturated rings. The highest BCUT2D eigenvalue weighted by molar-refractivity contribution is 5.92. The van der Waals surface area contributed by atoms with Gasteiger partial charge >= 0.3 is 5.97 Å². The highest BCUT2D eigenvalue weighted by Crippen LogP contribution is 2.44. The summed E-state index contributed by atoms with van der Waals surface area (Å²) in [7, 11) is 0. The van der Waals surface area contributed by atoms with E-state index in [1.165, 1.54) is 11.1 Å². The van der Waals surface area contributed by atoms with Gasteiger partial charge in [0.2, 0.25) is 0 Å². The molecular formula is C34H39N3O3. The standard InChI is InChI=1S/C34H39N3O3/c1-5-40-33(39)34(3,4)29-17-14-26(15-18-29)25-10-12-27(13-11-25)28-16-19-31-36-30(22-37(31)21-28)32(38)35-20-24-8-6-23(2)7-9-24/h6-13,16,19,21-22,26,29H,5,14-15,17-18,20H2,1-4H3,(H,35,38). The van der Waals surface area contributed by atoms with Gasteiger partial charge in [0.25, 0.3) is 5.91 Å². The molecule has 6 nitrogen and oxygen atoms in total. The summed E-state index contributed by atoms with van der Waals surface area (Å²) in [4.78, 5) is 29.7. The Morgan fingerprint density at radius 1 is 0.925 bits per heavy atom. The van der Waals surface area contributed by atoms with Crippen LogP contribution in [0.25, 0.3) is 16.8 Å². The Morgan fingerprint density at radius 2 is 1.60 bits per heavy atom. The van der Waals surface area contributed by atoms with Crippen LogP contribution in [0.1, 0.15) is 79.6 Å². The number of nitrogens with zero attached hydrogens (tertiary/aromatic N) is 2. The van der Waals surface area contributed by atoms with Gasteiger partial charge in [-0.15, -0.1) is 0 Å². The lowest BCUT2D eigenvalue weighted by molar-refractivity contribution is -0.157. The first kappa shape index (κ1) is 27.6. The molecule has 0 radical (unpaired) electrons. The number of carbonyl (C=O) groups is 2. The third kappa shape index (κ3) is 5.96. The number of fused-ring (bicyclic) bond motifs is 1. The minimum atomic E-state index is -0.432. The zero-order valence-corrected chi connectivity index (χ0v) is 23.9. The molecule has 0 saturated heterocycles. The average Bonchev–Trinajstić information content (AvgIpc) is 3.41. The molecule has 1 N–H and O–H groups in total. The topological polar surface area (TPSA) is 72.7 Å². The van der Waals surface area contributed by atoms with Gasteiger partial charge in [-0.05, 0) is 99.6 Å². The summed E-state index contributed by atoms with van der Waals surface area (Å²) in [5, 5.41) is 2.96. The van der Waals surface area contributed by atoms with Crippen molar-refractivity contribution in [3.63, 3.8) is 0 Å². The number of ether oxygens (including phenoxy) is 1. The van der Waals surface area contributed by atoms with Crippen molar-refractivity contribution < 1.29 is 14.3 Å². The van der Waals surface area contributed by atoms with Crippen molar-refractivity contribution in [3.05, 3.63) is 95.4 Å². The smallest absolute Gasteiger partial charge is 0.311 e. The van der Waals surface area contributed by atoms with E-state index in [1.807, 2.05) is 74.7 Å². The average molecular weight is 538 g/mol. The van der Waals surface area contributed by atoms with Gasteiger partial charge in [-0.25, -0.2) is 4.98 Å². The van der Waals surface area contributed by atoms with E-state index in [-0.39, 0.29) is 11.9 Å². The summed E-state index contributed by atoms with van der Waals surface area (Å²) in [5.74, 6) is 0.613. The van der Waals surface area contributed by atoms with Crippen molar-refractivity contribution in [2.75, 3.05) is 6.61 Å². The monoisotopic (exact) mass is 537 g/mol. The molecule has 0 unspecified atom stereocenters. The summed E-state index contributed by atoms with van der Waals surface area (Å²) in [5.41, 5.74) is 6.52. The number of aryl methyl sites for hydroxylation is 1. The molecule has 40 heavy (non-hydrogen) atoms. The largest absolute Gasteiger partial charge is 0.466 e. The minimum Gasteiger partial charge on any atom is -0.466 e. The van der Waals surface area contributed by atoms with Gasteiger partial charge in [0.05, 0.1) is 12.0 Å². The first-order chi connectivity index (χ1) is 19.2. The third-order valence-corrected chi connectivity index (χ3v) is 8.52. The normalized spacial score (nSPS) is 17.5. The molecule has 1 saturated carbocycles. The Labute approximate surface area is 236 Å². The van der Waals surface area contributed by atoms with E-state index in [0.29, 0.717) is 30.7 Å². The molecule has 2 aromatic heterocycles. The second-order valence-electron chi connectivity index (χ2n) is 11.6. The van der Waals surface area contributed by atoms with Gasteiger partial charge in [0.1, 0.15) is 11.3 Å². The lowest BCUT2D eigenvalue weighted by Gasteiger charge is -2.37. The zero-order chi connectivity index (χ0) is 28.3. The van der Waals surface area contributed by atoms with Gasteiger partial charge in [-0.2, -0.15) is 0 Å². The number of hydrogen-bond acceptors (Lipinski definition) is 4. The summed E-state index contributed by atoms with van der Waals surface area (Å²) in [6.45, 7) is 8.88. The summed E-state index contributed by atoms with van der Waals surface area (Å²) >= 11 is 0. The Kier molecular flexibility index (Phi) is 8.06. The Hall–Kier alpha value is -3.93. The summed E-state index contributed by atoms with van der Waals surface area (Å²) < 4.78 is 7.25. The van der Waals surface area contributed by atoms with Gasteiger partial charge < -0.3 is 14.5 Å². The SMILES string of the molecule is CCOC(=O)C(C)(C)C1CCC(c2ccc(-c3ccc4nc(C(=O)NCc5ccc(C)cc5)cn4c3)cc2)CC1. The van der Waals surface area contributed by atoms with Crippen LogP contribution in [0.4, 0.5) is 0 Å². The van der Waals surface area contributed by atoms with Crippen LogP contribution in [0.2, 0.25) is 0 Å². The molecule has 2 aromatic carbocycles. The Bertz CT molecular complexity index is 1480. The number of imidazole rings is 1. The van der Waals surface area contributed by atoms with Crippen LogP contribution in [-0.2, 0) is 16.1 Å². The summed E-state index contributed by atoms with van der Waals surface area (Å²) in [6.07, 6.45) is 8.06. The number of esters is 1. The molecule has 1 aliphatic rings. The minimum absolute atomic E-state index is 0.0762. The fourth-order valence-corrected chi connectivity index (χ4v) is 5.83. The maximum atomic E-state index is 12.7. The van der Waals surface area contributed by atoms with Gasteiger partial charge in [-0.1, -0.05) is 54.1 Å². The van der Waals surface area contributed by atoms with E-state index < -0.39 is 5.41 Å². The molecule has 4 aromatic rings. The number of rotatable bonds is 8. The maximum absolute atomic E-state index is 12.7. The first-order valence-electron chi connectivity index (χ1n) is 14.3. The van der Waals surface area contributed by atoms with Crippen molar-refractivity contribution in [1.82, 2.24) is 14.7 Å². The molecule has 2 heterocycles. The zero-order valence-electron chi connectivity index (χ0n) is 23.9. The van der Waals surface area contributed by atoms with Crippen molar-refractivity contribution >= 4 is 17.5 Å². The van der Waals surface area contributed by atoms with Crippen LogP contribution in [0.3, 0.4) is 0 Å². The second kappa shape index (κ2) is 11.7. The molecule has 5 rings (SSSR count). The van der Waals surface area contributed by atoms with Crippen LogP contribution >= 0.6 is 0 Å². The number of pyridine rings is 1. The highest BCUT2D eigenvalue weighted by Gasteiger charge is 2.40. The fraction of sp³-hybridized carbons (Fsp3) is 0.382. The molecule has 0 aliphatic heterocycles. The summed E-state index contributed by atoms with van der Waals surface area (Å²) in [6, 6.07) is 21.0. The molecular weight excluding hydrogens is 498 g/mol. The van der Waals surface area contributed by atoms with E-state index in [0.717, 1.165) is 48.0 Å². The van der Waals surface area contributed by atoms with E-state index >= 15 is 0 Å². The van der Waals surface area contributed by atoms with Crippen LogP contribution in [0.5, 0.6) is 0 Å². The number of nitrogens with one attached hydrogen (secondary N) is 1. The Balaban J connectivity index is 1.21. The van der Waals surface area contributed by atoms with Gasteiger partial charge in [0.15, 0.2) is 0 Å². The lowest BCUT2D eigenvalue weighted by atomic mass is 9.67.